The smallest absolute Gasteiger partial charge is 0.480 e. The summed E-state index contributed by atoms with van der Waals surface area (Å²) < 4.78 is 87.5. The van der Waals surface area contributed by atoms with Crippen LogP contribution in [0.4, 0.5) is 26.3 Å². The van der Waals surface area contributed by atoms with Crippen molar-refractivity contribution < 1.29 is 50.5 Å². The van der Waals surface area contributed by atoms with E-state index in [9.17, 15) is 41.0 Å². The number of rotatable bonds is 9. The van der Waals surface area contributed by atoms with Gasteiger partial charge in [-0.3, -0.25) is 9.79 Å². The third kappa shape index (κ3) is 7.96. The topological polar surface area (TPSA) is 149 Å². The third-order valence-electron chi connectivity index (χ3n) is 4.70. The number of benzene rings is 1. The highest BCUT2D eigenvalue weighted by atomic mass is 19.4. The maximum absolute atomic E-state index is 13.7. The number of carbonyl (C=O) groups is 2. The Morgan fingerprint density at radius 2 is 1.86 bits per heavy atom. The van der Waals surface area contributed by atoms with Gasteiger partial charge in [-0.25, -0.2) is 4.79 Å². The zero-order valence-electron chi connectivity index (χ0n) is 18.2. The monoisotopic (exact) mass is 512 g/mol. The Labute approximate surface area is 194 Å². The van der Waals surface area contributed by atoms with Crippen molar-refractivity contribution >= 4 is 23.9 Å². The molecule has 2 rings (SSSR count). The van der Waals surface area contributed by atoms with Gasteiger partial charge in [0.15, 0.2) is 5.96 Å². The van der Waals surface area contributed by atoms with E-state index in [0.29, 0.717) is 12.5 Å². The van der Waals surface area contributed by atoms with Gasteiger partial charge in [0.25, 0.3) is 5.91 Å². The summed E-state index contributed by atoms with van der Waals surface area (Å²) >= 11 is 0. The fourth-order valence-electron chi connectivity index (χ4n) is 3.25. The van der Waals surface area contributed by atoms with E-state index >= 15 is 0 Å². The number of unbranched alkanes of at least 4 members (excludes halogenated alkanes) is 1. The van der Waals surface area contributed by atoms with E-state index in [4.69, 9.17) is 16.2 Å². The number of aliphatic imine (C=N–C) groups is 1. The van der Waals surface area contributed by atoms with E-state index in [-0.39, 0.29) is 36.5 Å². The number of aliphatic carboxylic acids is 1. The molecule has 0 bridgehead atoms. The van der Waals surface area contributed by atoms with Crippen molar-refractivity contribution in [2.75, 3.05) is 6.54 Å². The van der Waals surface area contributed by atoms with Gasteiger partial charge in [0.2, 0.25) is 6.10 Å². The number of carbonyl (C=O) groups excluding carboxylic acids is 1. The molecule has 1 heterocycles. The van der Waals surface area contributed by atoms with Gasteiger partial charge in [-0.15, -0.1) is 13.2 Å². The maximum atomic E-state index is 13.7. The van der Waals surface area contributed by atoms with Crippen molar-refractivity contribution in [1.82, 2.24) is 5.32 Å². The van der Waals surface area contributed by atoms with Crippen LogP contribution in [0, 0.1) is 6.92 Å². The molecule has 194 valence electrons. The van der Waals surface area contributed by atoms with Crippen LogP contribution in [0.15, 0.2) is 22.7 Å². The fourth-order valence-corrected chi connectivity index (χ4v) is 3.25. The molecule has 0 aliphatic carbocycles. The van der Waals surface area contributed by atoms with Crippen molar-refractivity contribution in [3.63, 3.8) is 0 Å². The van der Waals surface area contributed by atoms with E-state index in [1.54, 1.807) is 0 Å². The number of fused-ring (bicyclic) bond motifs is 1. The number of aryl methyl sites for hydroxylation is 1. The second-order valence-corrected chi connectivity index (χ2v) is 7.51. The second kappa shape index (κ2) is 10.7. The Kier molecular flexibility index (Phi) is 8.46. The summed E-state index contributed by atoms with van der Waals surface area (Å²) in [5.74, 6) is -4.21. The van der Waals surface area contributed by atoms with Crippen molar-refractivity contribution in [2.24, 2.45) is 16.5 Å². The minimum Gasteiger partial charge on any atom is -0.480 e. The first-order chi connectivity index (χ1) is 16.1. The van der Waals surface area contributed by atoms with Gasteiger partial charge in [0, 0.05) is 12.1 Å². The molecule has 0 fully saturated rings. The molecule has 0 radical (unpaired) electrons. The number of ether oxygens (including phenoxy) is 2. The molecule has 0 spiro atoms. The SMILES string of the molecule is Cc1cc(OC(F)(F)F)cc2c1O[C@H](C(F)(F)F)C(C(=O)NC(CCCCN=C(N)N)C(=O)O)=C2. The van der Waals surface area contributed by atoms with Gasteiger partial charge in [0.05, 0.1) is 5.57 Å². The molecule has 1 amide bonds. The molecular formula is C20H22F6N4O5. The largest absolute Gasteiger partial charge is 0.573 e. The van der Waals surface area contributed by atoms with Gasteiger partial charge in [-0.1, -0.05) is 0 Å². The van der Waals surface area contributed by atoms with Crippen LogP contribution in [-0.2, 0) is 9.59 Å². The molecule has 1 aliphatic rings. The number of nitrogens with two attached hydrogens (primary N) is 2. The highest BCUT2D eigenvalue weighted by Gasteiger charge is 2.49. The Hall–Kier alpha value is -3.65. The first-order valence-corrected chi connectivity index (χ1v) is 10.0. The van der Waals surface area contributed by atoms with Crippen LogP contribution in [0.1, 0.15) is 30.4 Å². The molecular weight excluding hydrogens is 490 g/mol. The lowest BCUT2D eigenvalue weighted by Crippen LogP contribution is -2.47. The summed E-state index contributed by atoms with van der Waals surface area (Å²) in [7, 11) is 0. The van der Waals surface area contributed by atoms with E-state index in [2.05, 4.69) is 9.73 Å². The Balaban J connectivity index is 2.32. The minimum atomic E-state index is -5.09. The summed E-state index contributed by atoms with van der Waals surface area (Å²) in [5, 5.41) is 11.4. The number of nitrogens with one attached hydrogen (secondary N) is 1. The quantitative estimate of drug-likeness (QED) is 0.172. The molecule has 1 aromatic carbocycles. The lowest BCUT2D eigenvalue weighted by atomic mass is 9.97. The Morgan fingerprint density at radius 3 is 2.40 bits per heavy atom. The van der Waals surface area contributed by atoms with Crippen molar-refractivity contribution in [1.29, 1.82) is 0 Å². The standard InChI is InChI=1S/C20H22F6N4O5/c1-9-6-11(35-20(24,25)26)7-10-8-12(15(19(21,22)23)34-14(9)10)16(31)30-13(17(32)33)4-2-3-5-29-18(27)28/h6-8,13,15H,2-5H2,1H3,(H,30,31)(H,32,33)(H4,27,28,29)/t13?,15-/m0/s1. The molecule has 1 unspecified atom stereocenters. The number of alkyl halides is 6. The predicted molar refractivity (Wildman–Crippen MR) is 110 cm³/mol. The molecule has 15 heteroatoms. The average Bonchev–Trinajstić information content (AvgIpc) is 2.69. The zero-order chi connectivity index (χ0) is 26.6. The first-order valence-electron chi connectivity index (χ1n) is 10.0. The summed E-state index contributed by atoms with van der Waals surface area (Å²) in [6.07, 6.45) is -11.8. The van der Waals surface area contributed by atoms with Crippen molar-refractivity contribution in [2.45, 2.75) is 50.9 Å². The van der Waals surface area contributed by atoms with Crippen molar-refractivity contribution in [3.05, 3.63) is 28.8 Å². The van der Waals surface area contributed by atoms with Gasteiger partial charge in [-0.2, -0.15) is 13.2 Å². The normalized spacial score (nSPS) is 16.3. The van der Waals surface area contributed by atoms with E-state index in [1.807, 2.05) is 5.32 Å². The lowest BCUT2D eigenvalue weighted by Gasteiger charge is -2.30. The summed E-state index contributed by atoms with van der Waals surface area (Å²) in [5.41, 5.74) is 8.92. The molecule has 0 saturated carbocycles. The minimum absolute atomic E-state index is 0.101. The summed E-state index contributed by atoms with van der Waals surface area (Å²) in [6.45, 7) is 1.38. The highest BCUT2D eigenvalue weighted by Crippen LogP contribution is 2.41. The number of hydrogen-bond donors (Lipinski definition) is 4. The van der Waals surface area contributed by atoms with Crippen LogP contribution in [0.25, 0.3) is 6.08 Å². The van der Waals surface area contributed by atoms with Crippen molar-refractivity contribution in [3.8, 4) is 11.5 Å². The molecule has 6 N–H and O–H groups in total. The molecule has 9 nitrogen and oxygen atoms in total. The number of carboxylic acid groups (broad SMARTS) is 1. The Bertz CT molecular complexity index is 1020. The number of guanidine groups is 1. The second-order valence-electron chi connectivity index (χ2n) is 7.51. The number of halogens is 6. The zero-order valence-corrected chi connectivity index (χ0v) is 18.2. The van der Waals surface area contributed by atoms with Gasteiger partial charge in [0.1, 0.15) is 17.5 Å². The molecule has 35 heavy (non-hydrogen) atoms. The van der Waals surface area contributed by atoms with Crippen LogP contribution in [0.3, 0.4) is 0 Å². The van der Waals surface area contributed by atoms with Crippen LogP contribution < -0.4 is 26.3 Å². The molecule has 2 atom stereocenters. The summed E-state index contributed by atoms with van der Waals surface area (Å²) in [6, 6.07) is 0.0367. The average molecular weight is 512 g/mol. The fraction of sp³-hybridized carbons (Fsp3) is 0.450. The third-order valence-corrected chi connectivity index (χ3v) is 4.70. The lowest BCUT2D eigenvalue weighted by molar-refractivity contribution is -0.274. The van der Waals surface area contributed by atoms with Crippen LogP contribution in [-0.4, -0.2) is 54.2 Å². The molecule has 0 saturated heterocycles. The number of amides is 1. The number of hydrogen-bond acceptors (Lipinski definition) is 5. The first kappa shape index (κ1) is 27.6. The van der Waals surface area contributed by atoms with Gasteiger partial charge < -0.3 is 31.4 Å². The van der Waals surface area contributed by atoms with Gasteiger partial charge >= 0.3 is 18.5 Å². The summed E-state index contributed by atoms with van der Waals surface area (Å²) in [4.78, 5) is 27.9. The maximum Gasteiger partial charge on any atom is 0.573 e. The number of carboxylic acids is 1. The van der Waals surface area contributed by atoms with Crippen LogP contribution in [0.5, 0.6) is 11.5 Å². The van der Waals surface area contributed by atoms with Crippen LogP contribution in [0.2, 0.25) is 0 Å². The van der Waals surface area contributed by atoms with E-state index in [0.717, 1.165) is 12.1 Å². The van der Waals surface area contributed by atoms with E-state index in [1.165, 1.54) is 6.92 Å². The Morgan fingerprint density at radius 1 is 1.20 bits per heavy atom. The van der Waals surface area contributed by atoms with Crippen LogP contribution >= 0.6 is 0 Å². The van der Waals surface area contributed by atoms with E-state index < -0.39 is 53.6 Å². The predicted octanol–water partition coefficient (Wildman–Crippen LogP) is 2.61. The molecule has 1 aromatic rings. The molecule has 1 aliphatic heterocycles. The molecule has 0 aromatic heterocycles. The van der Waals surface area contributed by atoms with Gasteiger partial charge in [-0.05, 0) is 50.0 Å². The highest BCUT2D eigenvalue weighted by molar-refractivity contribution is 6.01. The number of nitrogens with zero attached hydrogens (tertiary/aromatic N) is 1.